The van der Waals surface area contributed by atoms with Crippen molar-refractivity contribution in [1.82, 2.24) is 0 Å². The Morgan fingerprint density at radius 1 is 0.388 bits per heavy atom. The van der Waals surface area contributed by atoms with E-state index in [4.69, 9.17) is 9.47 Å². The fourth-order valence-corrected chi connectivity index (χ4v) is 6.79. The van der Waals surface area contributed by atoms with Crippen LogP contribution in [0.5, 0.6) is 0 Å². The molecule has 1 N–H and O–H groups in total. The Hall–Kier alpha value is -1.10. The number of aliphatic hydroxyl groups excluding tert-OH is 1. The van der Waals surface area contributed by atoms with E-state index in [0.717, 1.165) is 32.1 Å². The Bertz CT molecular complexity index is 666. The van der Waals surface area contributed by atoms with Crippen LogP contribution in [0.4, 0.5) is 0 Å². The molecule has 0 aliphatic heterocycles. The minimum atomic E-state index is -0.761. The summed E-state index contributed by atoms with van der Waals surface area (Å²) in [6.45, 7) is 4.18. The lowest BCUT2D eigenvalue weighted by atomic mass is 10.0. The molecule has 0 aromatic heterocycles. The zero-order valence-corrected chi connectivity index (χ0v) is 33.2. The summed E-state index contributed by atoms with van der Waals surface area (Å²) in [6.07, 6.45) is 46.1. The Morgan fingerprint density at radius 3 is 0.898 bits per heavy atom. The number of carbonyl (C=O) groups excluding carboxylic acids is 2. The van der Waals surface area contributed by atoms with Crippen molar-refractivity contribution < 1.29 is 24.2 Å². The molecule has 0 aromatic rings. The number of aliphatic hydroxyl groups is 1. The second-order valence-corrected chi connectivity index (χ2v) is 15.1. The van der Waals surface area contributed by atoms with Crippen LogP contribution in [-0.4, -0.2) is 36.4 Å². The largest absolute Gasteiger partial charge is 0.462 e. The van der Waals surface area contributed by atoms with E-state index < -0.39 is 6.10 Å². The van der Waals surface area contributed by atoms with Gasteiger partial charge in [0.05, 0.1) is 6.61 Å². The smallest absolute Gasteiger partial charge is 0.306 e. The van der Waals surface area contributed by atoms with Gasteiger partial charge in [0.1, 0.15) is 6.61 Å². The monoisotopic (exact) mass is 695 g/mol. The lowest BCUT2D eigenvalue weighted by molar-refractivity contribution is -0.161. The van der Waals surface area contributed by atoms with Crippen molar-refractivity contribution in [3.8, 4) is 0 Å². The van der Waals surface area contributed by atoms with Gasteiger partial charge in [0.25, 0.3) is 0 Å². The predicted molar refractivity (Wildman–Crippen MR) is 210 cm³/mol. The molecule has 1 atom stereocenters. The van der Waals surface area contributed by atoms with Crippen molar-refractivity contribution in [2.45, 2.75) is 258 Å². The summed E-state index contributed by atoms with van der Waals surface area (Å²) in [5, 5.41) is 9.57. The van der Waals surface area contributed by atoms with Gasteiger partial charge in [-0.15, -0.1) is 0 Å². The van der Waals surface area contributed by atoms with Crippen LogP contribution in [0.2, 0.25) is 0 Å². The number of ether oxygens (including phenoxy) is 2. The highest BCUT2D eigenvalue weighted by Crippen LogP contribution is 2.16. The molecule has 0 aliphatic rings. The number of esters is 2. The van der Waals surface area contributed by atoms with Crippen molar-refractivity contribution in [3.05, 3.63) is 0 Å². The third kappa shape index (κ3) is 39.5. The first-order chi connectivity index (χ1) is 24.1. The number of unbranched alkanes of at least 4 members (excludes halogenated alkanes) is 33. The van der Waals surface area contributed by atoms with E-state index in [1.165, 1.54) is 193 Å². The van der Waals surface area contributed by atoms with Crippen LogP contribution in [0.25, 0.3) is 0 Å². The highest BCUT2D eigenvalue weighted by molar-refractivity contribution is 5.70. The third-order valence-electron chi connectivity index (χ3n) is 10.2. The first kappa shape index (κ1) is 47.9. The molecule has 0 saturated carbocycles. The molecular weight excluding hydrogens is 608 g/mol. The van der Waals surface area contributed by atoms with Crippen LogP contribution >= 0.6 is 0 Å². The summed E-state index contributed by atoms with van der Waals surface area (Å²) in [5.74, 6) is -0.572. The molecule has 0 unspecified atom stereocenters. The molecule has 292 valence electrons. The number of carbonyl (C=O) groups is 2. The Balaban J connectivity index is 3.45. The van der Waals surface area contributed by atoms with Gasteiger partial charge < -0.3 is 14.6 Å². The molecule has 0 aromatic carbocycles. The Kier molecular flexibility index (Phi) is 40.4. The second kappa shape index (κ2) is 41.3. The molecule has 0 heterocycles. The topological polar surface area (TPSA) is 72.8 Å². The molecule has 0 radical (unpaired) electrons. The summed E-state index contributed by atoms with van der Waals surface area (Å²) in [6, 6.07) is 0. The molecule has 0 rings (SSSR count). The van der Waals surface area contributed by atoms with Gasteiger partial charge in [0.15, 0.2) is 6.10 Å². The summed E-state index contributed by atoms with van der Waals surface area (Å²) in [5.41, 5.74) is 0. The zero-order chi connectivity index (χ0) is 35.7. The van der Waals surface area contributed by atoms with Crippen LogP contribution in [0, 0.1) is 0 Å². The van der Waals surface area contributed by atoms with Crippen molar-refractivity contribution in [3.63, 3.8) is 0 Å². The van der Waals surface area contributed by atoms with E-state index in [1.807, 2.05) is 0 Å². The lowest BCUT2D eigenvalue weighted by Gasteiger charge is -2.15. The highest BCUT2D eigenvalue weighted by Gasteiger charge is 2.16. The molecule has 5 nitrogen and oxygen atoms in total. The molecule has 0 fully saturated rings. The Labute approximate surface area is 306 Å². The molecule has 0 saturated heterocycles. The summed E-state index contributed by atoms with van der Waals surface area (Å²) >= 11 is 0. The van der Waals surface area contributed by atoms with Gasteiger partial charge in [0, 0.05) is 12.8 Å². The predicted octanol–water partition coefficient (Wildman–Crippen LogP) is 13.9. The summed E-state index contributed by atoms with van der Waals surface area (Å²) in [4.78, 5) is 24.3. The summed E-state index contributed by atoms with van der Waals surface area (Å²) < 4.78 is 10.6. The van der Waals surface area contributed by atoms with Gasteiger partial charge in [-0.2, -0.15) is 0 Å². The number of hydrogen-bond acceptors (Lipinski definition) is 5. The standard InChI is InChI=1S/C44H86O5/c1-3-5-7-9-11-13-15-17-19-20-21-22-23-24-25-27-29-31-33-35-37-39-44(47)49-42(40-45)41-48-43(46)38-36-34-32-30-28-26-18-16-14-12-10-8-6-4-2/h42,45H,3-41H2,1-2H3/t42-/m0/s1. The minimum Gasteiger partial charge on any atom is -0.462 e. The van der Waals surface area contributed by atoms with Gasteiger partial charge in [-0.25, -0.2) is 0 Å². The molecule has 49 heavy (non-hydrogen) atoms. The highest BCUT2D eigenvalue weighted by atomic mass is 16.6. The van der Waals surface area contributed by atoms with E-state index >= 15 is 0 Å². The zero-order valence-electron chi connectivity index (χ0n) is 33.2. The molecule has 0 spiro atoms. The van der Waals surface area contributed by atoms with Crippen molar-refractivity contribution >= 4 is 11.9 Å². The number of rotatable bonds is 41. The first-order valence-electron chi connectivity index (χ1n) is 22.1. The van der Waals surface area contributed by atoms with Crippen LogP contribution in [0.1, 0.15) is 251 Å². The summed E-state index contributed by atoms with van der Waals surface area (Å²) in [7, 11) is 0. The van der Waals surface area contributed by atoms with Crippen LogP contribution in [-0.2, 0) is 19.1 Å². The maximum atomic E-state index is 12.2. The molecule has 0 bridgehead atoms. The van der Waals surface area contributed by atoms with Crippen LogP contribution < -0.4 is 0 Å². The fourth-order valence-electron chi connectivity index (χ4n) is 6.79. The van der Waals surface area contributed by atoms with E-state index in [0.29, 0.717) is 12.8 Å². The van der Waals surface area contributed by atoms with Gasteiger partial charge in [-0.3, -0.25) is 9.59 Å². The molecule has 5 heteroatoms. The quantitative estimate of drug-likeness (QED) is 0.0509. The van der Waals surface area contributed by atoms with Crippen LogP contribution in [0.15, 0.2) is 0 Å². The molecule has 0 aliphatic carbocycles. The van der Waals surface area contributed by atoms with Gasteiger partial charge in [-0.05, 0) is 12.8 Å². The first-order valence-corrected chi connectivity index (χ1v) is 22.1. The normalized spacial score (nSPS) is 12.0. The lowest BCUT2D eigenvalue weighted by Crippen LogP contribution is -2.28. The van der Waals surface area contributed by atoms with E-state index in [1.54, 1.807) is 0 Å². The van der Waals surface area contributed by atoms with Gasteiger partial charge in [0.2, 0.25) is 0 Å². The Morgan fingerprint density at radius 2 is 0.633 bits per heavy atom. The van der Waals surface area contributed by atoms with Crippen LogP contribution in [0.3, 0.4) is 0 Å². The van der Waals surface area contributed by atoms with Crippen molar-refractivity contribution in [2.75, 3.05) is 13.2 Å². The average Bonchev–Trinajstić information content (AvgIpc) is 3.10. The number of hydrogen-bond donors (Lipinski definition) is 1. The van der Waals surface area contributed by atoms with Gasteiger partial charge >= 0.3 is 11.9 Å². The van der Waals surface area contributed by atoms with E-state index in [-0.39, 0.29) is 25.2 Å². The maximum Gasteiger partial charge on any atom is 0.306 e. The molecule has 0 amide bonds. The van der Waals surface area contributed by atoms with Crippen molar-refractivity contribution in [1.29, 1.82) is 0 Å². The molecular formula is C44H86O5. The third-order valence-corrected chi connectivity index (χ3v) is 10.2. The average molecular weight is 695 g/mol. The maximum absolute atomic E-state index is 12.2. The van der Waals surface area contributed by atoms with Gasteiger partial charge in [-0.1, -0.05) is 226 Å². The fraction of sp³-hybridized carbons (Fsp3) is 0.955. The second-order valence-electron chi connectivity index (χ2n) is 15.1. The minimum absolute atomic E-state index is 0.0566. The SMILES string of the molecule is CCCCCCCCCCCCCCCCCCCCCCCC(=O)O[C@@H](CO)COC(=O)CCCCCCCCCCCCCCCC. The van der Waals surface area contributed by atoms with E-state index in [2.05, 4.69) is 13.8 Å². The van der Waals surface area contributed by atoms with E-state index in [9.17, 15) is 14.7 Å². The van der Waals surface area contributed by atoms with Crippen molar-refractivity contribution in [2.24, 2.45) is 0 Å².